The second-order valence-electron chi connectivity index (χ2n) is 4.48. The van der Waals surface area contributed by atoms with Crippen molar-refractivity contribution >= 4 is 23.1 Å². The van der Waals surface area contributed by atoms with E-state index in [0.29, 0.717) is 16.1 Å². The second-order valence-corrected chi connectivity index (χ2v) is 4.89. The minimum absolute atomic E-state index is 0.0332. The van der Waals surface area contributed by atoms with E-state index in [0.717, 1.165) is 11.1 Å². The highest BCUT2D eigenvalue weighted by atomic mass is 35.5. The number of anilines is 1. The molecule has 0 heterocycles. The summed E-state index contributed by atoms with van der Waals surface area (Å²) >= 11 is 6.00. The summed E-state index contributed by atoms with van der Waals surface area (Å²) in [7, 11) is 0. The number of ketones is 1. The molecule has 2 aromatic carbocycles. The van der Waals surface area contributed by atoms with E-state index in [1.54, 1.807) is 12.1 Å². The van der Waals surface area contributed by atoms with Gasteiger partial charge in [-0.15, -0.1) is 0 Å². The Bertz CT molecular complexity index is 667. The predicted molar refractivity (Wildman–Crippen MR) is 75.2 cm³/mol. The molecule has 2 nitrogen and oxygen atoms in total. The first kappa shape index (κ1) is 13.6. The van der Waals surface area contributed by atoms with E-state index in [1.807, 2.05) is 13.8 Å². The molecule has 2 aromatic rings. The summed E-state index contributed by atoms with van der Waals surface area (Å²) in [6, 6.07) is 7.45. The first-order valence-electron chi connectivity index (χ1n) is 5.76. The smallest absolute Gasteiger partial charge is 0.193 e. The Kier molecular flexibility index (Phi) is 3.58. The fourth-order valence-electron chi connectivity index (χ4n) is 1.87. The average molecular weight is 278 g/mol. The third-order valence-corrected chi connectivity index (χ3v) is 3.42. The van der Waals surface area contributed by atoms with Crippen LogP contribution in [0.2, 0.25) is 5.02 Å². The van der Waals surface area contributed by atoms with Crippen LogP contribution in [0.3, 0.4) is 0 Å². The summed E-state index contributed by atoms with van der Waals surface area (Å²) in [6.45, 7) is 3.64. The van der Waals surface area contributed by atoms with Gasteiger partial charge in [-0.25, -0.2) is 4.39 Å². The molecule has 0 bridgehead atoms. The van der Waals surface area contributed by atoms with Crippen molar-refractivity contribution in [2.75, 3.05) is 5.73 Å². The van der Waals surface area contributed by atoms with Gasteiger partial charge in [-0.2, -0.15) is 0 Å². The number of carbonyl (C=O) groups excluding carboxylic acids is 1. The lowest BCUT2D eigenvalue weighted by Gasteiger charge is -2.09. The van der Waals surface area contributed by atoms with E-state index >= 15 is 0 Å². The Morgan fingerprint density at radius 3 is 2.47 bits per heavy atom. The van der Waals surface area contributed by atoms with Gasteiger partial charge in [-0.1, -0.05) is 11.6 Å². The molecule has 19 heavy (non-hydrogen) atoms. The fourth-order valence-corrected chi connectivity index (χ4v) is 2.08. The lowest BCUT2D eigenvalue weighted by molar-refractivity contribution is 0.103. The monoisotopic (exact) mass is 277 g/mol. The molecule has 0 fully saturated rings. The molecule has 0 amide bonds. The molecular weight excluding hydrogens is 265 g/mol. The highest BCUT2D eigenvalue weighted by Crippen LogP contribution is 2.23. The lowest BCUT2D eigenvalue weighted by Crippen LogP contribution is -2.06. The van der Waals surface area contributed by atoms with Crippen LogP contribution < -0.4 is 5.73 Å². The maximum atomic E-state index is 13.1. The molecule has 0 aliphatic rings. The normalized spacial score (nSPS) is 10.5. The van der Waals surface area contributed by atoms with Crippen LogP contribution in [-0.2, 0) is 0 Å². The third-order valence-electron chi connectivity index (χ3n) is 3.01. The van der Waals surface area contributed by atoms with E-state index < -0.39 is 5.82 Å². The summed E-state index contributed by atoms with van der Waals surface area (Å²) < 4.78 is 13.1. The van der Waals surface area contributed by atoms with Crippen LogP contribution in [0.5, 0.6) is 0 Å². The topological polar surface area (TPSA) is 43.1 Å². The predicted octanol–water partition coefficient (Wildman–Crippen LogP) is 3.91. The maximum Gasteiger partial charge on any atom is 0.193 e. The zero-order valence-corrected chi connectivity index (χ0v) is 11.4. The molecule has 2 rings (SSSR count). The summed E-state index contributed by atoms with van der Waals surface area (Å²) in [6.07, 6.45) is 0. The van der Waals surface area contributed by atoms with Gasteiger partial charge in [-0.05, 0) is 55.3 Å². The first-order valence-corrected chi connectivity index (χ1v) is 6.14. The van der Waals surface area contributed by atoms with Crippen LogP contribution >= 0.6 is 11.6 Å². The summed E-state index contributed by atoms with van der Waals surface area (Å²) in [5, 5.41) is 0.618. The van der Waals surface area contributed by atoms with Crippen molar-refractivity contribution in [2.45, 2.75) is 13.8 Å². The highest BCUT2D eigenvalue weighted by molar-refractivity contribution is 6.31. The molecule has 2 N–H and O–H groups in total. The third kappa shape index (κ3) is 2.61. The van der Waals surface area contributed by atoms with Crippen molar-refractivity contribution in [3.8, 4) is 0 Å². The molecule has 4 heteroatoms. The van der Waals surface area contributed by atoms with Crippen LogP contribution in [-0.4, -0.2) is 5.78 Å². The first-order chi connectivity index (χ1) is 8.90. The fraction of sp³-hybridized carbons (Fsp3) is 0.133. The van der Waals surface area contributed by atoms with Gasteiger partial charge >= 0.3 is 0 Å². The average Bonchev–Trinajstić information content (AvgIpc) is 2.36. The number of benzene rings is 2. The largest absolute Gasteiger partial charge is 0.396 e. The van der Waals surface area contributed by atoms with Crippen LogP contribution in [0.15, 0.2) is 30.3 Å². The zero-order valence-electron chi connectivity index (χ0n) is 10.6. The quantitative estimate of drug-likeness (QED) is 0.668. The molecule has 0 saturated carbocycles. The van der Waals surface area contributed by atoms with Crippen molar-refractivity contribution < 1.29 is 9.18 Å². The van der Waals surface area contributed by atoms with Crippen molar-refractivity contribution in [3.63, 3.8) is 0 Å². The number of hydrogen-bond donors (Lipinski definition) is 1. The van der Waals surface area contributed by atoms with Gasteiger partial charge in [-0.3, -0.25) is 4.79 Å². The van der Waals surface area contributed by atoms with Gasteiger partial charge in [0.15, 0.2) is 5.78 Å². The molecule has 0 spiro atoms. The molecule has 0 radical (unpaired) electrons. The van der Waals surface area contributed by atoms with Crippen LogP contribution in [0, 0.1) is 19.7 Å². The summed E-state index contributed by atoms with van der Waals surface area (Å²) in [5.41, 5.74) is 7.97. The number of rotatable bonds is 2. The SMILES string of the molecule is Cc1cc(C(=O)c2ccc(F)c(N)c2)c(C)cc1Cl. The van der Waals surface area contributed by atoms with E-state index in [9.17, 15) is 9.18 Å². The van der Waals surface area contributed by atoms with E-state index in [-0.39, 0.29) is 11.5 Å². The summed E-state index contributed by atoms with van der Waals surface area (Å²) in [4.78, 5) is 12.4. The number of hydrogen-bond acceptors (Lipinski definition) is 2. The number of nitrogen functional groups attached to an aromatic ring is 1. The van der Waals surface area contributed by atoms with Gasteiger partial charge in [0, 0.05) is 16.1 Å². The summed E-state index contributed by atoms with van der Waals surface area (Å²) in [5.74, 6) is -0.718. The van der Waals surface area contributed by atoms with Crippen molar-refractivity contribution in [2.24, 2.45) is 0 Å². The Morgan fingerprint density at radius 1 is 1.16 bits per heavy atom. The molecule has 0 atom stereocenters. The van der Waals surface area contributed by atoms with Crippen molar-refractivity contribution in [1.29, 1.82) is 0 Å². The van der Waals surface area contributed by atoms with Crippen molar-refractivity contribution in [1.82, 2.24) is 0 Å². The van der Waals surface area contributed by atoms with E-state index in [1.165, 1.54) is 18.2 Å². The van der Waals surface area contributed by atoms with Gasteiger partial charge in [0.2, 0.25) is 0 Å². The standard InChI is InChI=1S/C15H13ClFNO/c1-8-6-12(16)9(2)5-11(8)15(19)10-3-4-13(17)14(18)7-10/h3-7H,18H2,1-2H3. The highest BCUT2D eigenvalue weighted by Gasteiger charge is 2.14. The van der Waals surface area contributed by atoms with Crippen LogP contribution in [0.25, 0.3) is 0 Å². The van der Waals surface area contributed by atoms with Gasteiger partial charge in [0.1, 0.15) is 5.82 Å². The molecular formula is C15H13ClFNO. The van der Waals surface area contributed by atoms with Gasteiger partial charge < -0.3 is 5.73 Å². The van der Waals surface area contributed by atoms with E-state index in [4.69, 9.17) is 17.3 Å². The number of aryl methyl sites for hydroxylation is 2. The Morgan fingerprint density at radius 2 is 1.84 bits per heavy atom. The molecule has 98 valence electrons. The second kappa shape index (κ2) is 5.02. The van der Waals surface area contributed by atoms with Crippen LogP contribution in [0.1, 0.15) is 27.0 Å². The molecule has 0 aromatic heterocycles. The lowest BCUT2D eigenvalue weighted by atomic mass is 9.97. The molecule has 0 unspecified atom stereocenters. The molecule has 0 saturated heterocycles. The van der Waals surface area contributed by atoms with Gasteiger partial charge in [0.05, 0.1) is 5.69 Å². The van der Waals surface area contributed by atoms with E-state index in [2.05, 4.69) is 0 Å². The minimum atomic E-state index is -0.527. The number of nitrogens with two attached hydrogens (primary N) is 1. The van der Waals surface area contributed by atoms with Gasteiger partial charge in [0.25, 0.3) is 0 Å². The van der Waals surface area contributed by atoms with Crippen molar-refractivity contribution in [3.05, 3.63) is 63.4 Å². The Balaban J connectivity index is 2.49. The maximum absolute atomic E-state index is 13.1. The molecule has 0 aliphatic heterocycles. The van der Waals surface area contributed by atoms with Crippen LogP contribution in [0.4, 0.5) is 10.1 Å². The zero-order chi connectivity index (χ0) is 14.2. The minimum Gasteiger partial charge on any atom is -0.396 e. The number of carbonyl (C=O) groups is 1. The molecule has 0 aliphatic carbocycles. The number of halogens is 2. The Labute approximate surface area is 116 Å². The Hall–Kier alpha value is -1.87.